The van der Waals surface area contributed by atoms with Crippen LogP contribution in [0.25, 0.3) is 0 Å². The summed E-state index contributed by atoms with van der Waals surface area (Å²) >= 11 is 0. The molecule has 1 heterocycles. The van der Waals surface area contributed by atoms with Gasteiger partial charge in [-0.2, -0.15) is 0 Å². The van der Waals surface area contributed by atoms with Crippen LogP contribution in [0.15, 0.2) is 30.3 Å². The van der Waals surface area contributed by atoms with Crippen molar-refractivity contribution in [2.75, 3.05) is 18.4 Å². The Bertz CT molecular complexity index is 347. The van der Waals surface area contributed by atoms with Crippen molar-refractivity contribution < 1.29 is 4.79 Å². The van der Waals surface area contributed by atoms with E-state index in [-0.39, 0.29) is 6.03 Å². The Morgan fingerprint density at radius 2 is 2.12 bits per heavy atom. The third-order valence-corrected chi connectivity index (χ3v) is 2.95. The number of amides is 2. The number of urea groups is 1. The molecule has 0 aromatic heterocycles. The van der Waals surface area contributed by atoms with E-state index in [1.807, 2.05) is 30.3 Å². The topological polar surface area (TPSA) is 53.2 Å². The summed E-state index contributed by atoms with van der Waals surface area (Å²) in [6.07, 6.45) is 3.64. The third-order valence-electron chi connectivity index (χ3n) is 2.95. The number of para-hydroxylation sites is 1. The van der Waals surface area contributed by atoms with Crippen LogP contribution in [0.1, 0.15) is 19.3 Å². The number of carbonyl (C=O) groups excluding carboxylic acids is 1. The van der Waals surface area contributed by atoms with E-state index >= 15 is 0 Å². The van der Waals surface area contributed by atoms with Gasteiger partial charge in [-0.25, -0.2) is 4.79 Å². The SMILES string of the molecule is O=C(NC[C@@H]1CCCCN1)Nc1ccccc1. The highest BCUT2D eigenvalue weighted by atomic mass is 16.2. The molecule has 2 amide bonds. The largest absolute Gasteiger partial charge is 0.336 e. The maximum atomic E-state index is 11.6. The van der Waals surface area contributed by atoms with Gasteiger partial charge in [0.1, 0.15) is 0 Å². The number of hydrogen-bond donors (Lipinski definition) is 3. The Morgan fingerprint density at radius 3 is 2.82 bits per heavy atom. The van der Waals surface area contributed by atoms with E-state index in [0.717, 1.165) is 18.7 Å². The number of hydrogen-bond acceptors (Lipinski definition) is 2. The van der Waals surface area contributed by atoms with Crippen molar-refractivity contribution in [1.82, 2.24) is 10.6 Å². The lowest BCUT2D eigenvalue weighted by Crippen LogP contribution is -2.44. The molecule has 0 aliphatic carbocycles. The maximum Gasteiger partial charge on any atom is 0.319 e. The van der Waals surface area contributed by atoms with Gasteiger partial charge in [0.2, 0.25) is 0 Å². The summed E-state index contributed by atoms with van der Waals surface area (Å²) in [5.41, 5.74) is 0.821. The molecule has 1 atom stereocenters. The average Bonchev–Trinajstić information content (AvgIpc) is 2.39. The van der Waals surface area contributed by atoms with Crippen LogP contribution in [-0.2, 0) is 0 Å². The smallest absolute Gasteiger partial charge is 0.319 e. The highest BCUT2D eigenvalue weighted by Gasteiger charge is 2.12. The first-order chi connectivity index (χ1) is 8.34. The van der Waals surface area contributed by atoms with E-state index < -0.39 is 0 Å². The van der Waals surface area contributed by atoms with Crippen LogP contribution in [0, 0.1) is 0 Å². The summed E-state index contributed by atoms with van der Waals surface area (Å²) in [5.74, 6) is 0. The quantitative estimate of drug-likeness (QED) is 0.747. The van der Waals surface area contributed by atoms with Crippen molar-refractivity contribution in [3.8, 4) is 0 Å². The fourth-order valence-electron chi connectivity index (χ4n) is 2.01. The van der Waals surface area contributed by atoms with Gasteiger partial charge < -0.3 is 16.0 Å². The minimum atomic E-state index is -0.136. The lowest BCUT2D eigenvalue weighted by Gasteiger charge is -2.23. The molecule has 17 heavy (non-hydrogen) atoms. The molecular weight excluding hydrogens is 214 g/mol. The Kier molecular flexibility index (Phi) is 4.38. The minimum Gasteiger partial charge on any atom is -0.336 e. The van der Waals surface area contributed by atoms with Crippen LogP contribution in [0.3, 0.4) is 0 Å². The van der Waals surface area contributed by atoms with Gasteiger partial charge in [-0.3, -0.25) is 0 Å². The lowest BCUT2D eigenvalue weighted by atomic mass is 10.1. The van der Waals surface area contributed by atoms with E-state index in [9.17, 15) is 4.79 Å². The first kappa shape index (κ1) is 11.9. The fraction of sp³-hybridized carbons (Fsp3) is 0.462. The fourth-order valence-corrected chi connectivity index (χ4v) is 2.01. The Morgan fingerprint density at radius 1 is 1.29 bits per heavy atom. The van der Waals surface area contributed by atoms with Crippen LogP contribution in [-0.4, -0.2) is 25.2 Å². The number of benzene rings is 1. The molecule has 1 aromatic carbocycles. The highest BCUT2D eigenvalue weighted by Crippen LogP contribution is 2.06. The molecule has 92 valence electrons. The number of carbonyl (C=O) groups is 1. The van der Waals surface area contributed by atoms with Crippen molar-refractivity contribution in [3.63, 3.8) is 0 Å². The summed E-state index contributed by atoms with van der Waals surface area (Å²) in [4.78, 5) is 11.6. The average molecular weight is 233 g/mol. The molecule has 4 heteroatoms. The zero-order chi connectivity index (χ0) is 11.9. The van der Waals surface area contributed by atoms with Crippen LogP contribution in [0.2, 0.25) is 0 Å². The first-order valence-electron chi connectivity index (χ1n) is 6.18. The van der Waals surface area contributed by atoms with Gasteiger partial charge in [0, 0.05) is 18.3 Å². The predicted molar refractivity (Wildman–Crippen MR) is 69.1 cm³/mol. The predicted octanol–water partition coefficient (Wildman–Crippen LogP) is 1.95. The standard InChI is InChI=1S/C13H19N3O/c17-13(16-11-6-2-1-3-7-11)15-10-12-8-4-5-9-14-12/h1-3,6-7,12,14H,4-5,8-10H2,(H2,15,16,17)/t12-/m0/s1. The molecule has 2 rings (SSSR count). The van der Waals surface area contributed by atoms with Gasteiger partial charge >= 0.3 is 6.03 Å². The minimum absolute atomic E-state index is 0.136. The highest BCUT2D eigenvalue weighted by molar-refractivity contribution is 5.89. The van der Waals surface area contributed by atoms with Crippen molar-refractivity contribution >= 4 is 11.7 Å². The monoisotopic (exact) mass is 233 g/mol. The molecule has 1 aliphatic heterocycles. The summed E-state index contributed by atoms with van der Waals surface area (Å²) in [7, 11) is 0. The number of nitrogens with one attached hydrogen (secondary N) is 3. The Hall–Kier alpha value is -1.55. The molecule has 0 unspecified atom stereocenters. The van der Waals surface area contributed by atoms with Gasteiger partial charge in [0.05, 0.1) is 0 Å². The van der Waals surface area contributed by atoms with E-state index in [0.29, 0.717) is 12.6 Å². The van der Waals surface area contributed by atoms with Crippen LogP contribution < -0.4 is 16.0 Å². The molecule has 0 spiro atoms. The summed E-state index contributed by atoms with van der Waals surface area (Å²) < 4.78 is 0. The molecule has 1 saturated heterocycles. The Balaban J connectivity index is 1.70. The number of piperidine rings is 1. The molecule has 1 aliphatic rings. The van der Waals surface area contributed by atoms with Crippen LogP contribution in [0.5, 0.6) is 0 Å². The van der Waals surface area contributed by atoms with Crippen molar-refractivity contribution in [3.05, 3.63) is 30.3 Å². The third kappa shape index (κ3) is 4.07. The molecule has 1 aromatic rings. The summed E-state index contributed by atoms with van der Waals surface area (Å²) in [5, 5.41) is 9.09. The Labute approximate surface area is 102 Å². The van der Waals surface area contributed by atoms with E-state index in [1.165, 1.54) is 12.8 Å². The van der Waals surface area contributed by atoms with Gasteiger partial charge in [-0.1, -0.05) is 24.6 Å². The van der Waals surface area contributed by atoms with Crippen LogP contribution in [0.4, 0.5) is 10.5 Å². The van der Waals surface area contributed by atoms with E-state index in [2.05, 4.69) is 16.0 Å². The van der Waals surface area contributed by atoms with Crippen molar-refractivity contribution in [2.45, 2.75) is 25.3 Å². The van der Waals surface area contributed by atoms with Crippen LogP contribution >= 0.6 is 0 Å². The van der Waals surface area contributed by atoms with Gasteiger partial charge in [0.25, 0.3) is 0 Å². The lowest BCUT2D eigenvalue weighted by molar-refractivity contribution is 0.249. The van der Waals surface area contributed by atoms with Crippen molar-refractivity contribution in [1.29, 1.82) is 0 Å². The second-order valence-corrected chi connectivity index (χ2v) is 4.35. The number of anilines is 1. The van der Waals surface area contributed by atoms with Crippen molar-refractivity contribution in [2.24, 2.45) is 0 Å². The molecule has 0 saturated carbocycles. The molecule has 3 N–H and O–H groups in total. The summed E-state index contributed by atoms with van der Waals surface area (Å²) in [6.45, 7) is 1.76. The molecule has 0 bridgehead atoms. The zero-order valence-corrected chi connectivity index (χ0v) is 9.91. The van der Waals surface area contributed by atoms with E-state index in [4.69, 9.17) is 0 Å². The molecule has 0 radical (unpaired) electrons. The first-order valence-corrected chi connectivity index (χ1v) is 6.18. The van der Waals surface area contributed by atoms with Gasteiger partial charge in [-0.05, 0) is 31.5 Å². The van der Waals surface area contributed by atoms with Gasteiger partial charge in [0.15, 0.2) is 0 Å². The zero-order valence-electron chi connectivity index (χ0n) is 9.91. The second kappa shape index (κ2) is 6.25. The molecule has 4 nitrogen and oxygen atoms in total. The molecule has 1 fully saturated rings. The molecular formula is C13H19N3O. The van der Waals surface area contributed by atoms with E-state index in [1.54, 1.807) is 0 Å². The maximum absolute atomic E-state index is 11.6. The van der Waals surface area contributed by atoms with Gasteiger partial charge in [-0.15, -0.1) is 0 Å². The normalized spacial score (nSPS) is 19.6. The second-order valence-electron chi connectivity index (χ2n) is 4.35. The number of rotatable bonds is 3. The summed E-state index contributed by atoms with van der Waals surface area (Å²) in [6, 6.07) is 9.76.